The minimum Gasteiger partial charge on any atom is -0.457 e. The number of esters is 1. The summed E-state index contributed by atoms with van der Waals surface area (Å²) in [6.45, 7) is 1.80. The number of hydrogen-bond acceptors (Lipinski definition) is 5. The lowest BCUT2D eigenvalue weighted by Crippen LogP contribution is -2.40. The zero-order valence-corrected chi connectivity index (χ0v) is 13.7. The van der Waals surface area contributed by atoms with Crippen LogP contribution >= 0.6 is 0 Å². The van der Waals surface area contributed by atoms with Gasteiger partial charge >= 0.3 is 5.97 Å². The van der Waals surface area contributed by atoms with Gasteiger partial charge in [0.1, 0.15) is 11.9 Å². The molecule has 128 valence electrons. The summed E-state index contributed by atoms with van der Waals surface area (Å²) in [6.07, 6.45) is 0.247. The normalized spacial score (nSPS) is 22.6. The molecule has 0 aromatic heterocycles. The first-order valence-corrected chi connectivity index (χ1v) is 7.97. The largest absolute Gasteiger partial charge is 0.457 e. The van der Waals surface area contributed by atoms with Gasteiger partial charge in [-0.15, -0.1) is 0 Å². The molecule has 1 fully saturated rings. The van der Waals surface area contributed by atoms with Crippen LogP contribution < -0.4 is 0 Å². The van der Waals surface area contributed by atoms with Crippen LogP contribution in [0.15, 0.2) is 54.6 Å². The van der Waals surface area contributed by atoms with E-state index in [0.717, 1.165) is 5.56 Å². The molecule has 1 aliphatic rings. The van der Waals surface area contributed by atoms with Gasteiger partial charge in [-0.05, 0) is 31.0 Å². The van der Waals surface area contributed by atoms with Crippen LogP contribution in [0.3, 0.4) is 0 Å². The zero-order valence-electron chi connectivity index (χ0n) is 13.7. The fourth-order valence-corrected chi connectivity index (χ4v) is 3.21. The van der Waals surface area contributed by atoms with Crippen molar-refractivity contribution >= 4 is 17.4 Å². The first kappa shape index (κ1) is 16.8. The Morgan fingerprint density at radius 3 is 2.40 bits per heavy atom. The molecule has 1 saturated carbocycles. The van der Waals surface area contributed by atoms with E-state index in [1.54, 1.807) is 6.92 Å². The number of hydrogen-bond donors (Lipinski definition) is 0. The van der Waals surface area contributed by atoms with Crippen LogP contribution in [-0.2, 0) is 14.9 Å². The number of benzene rings is 2. The summed E-state index contributed by atoms with van der Waals surface area (Å²) < 4.78 is 5.61. The maximum atomic E-state index is 12.5. The molecule has 2 atom stereocenters. The summed E-state index contributed by atoms with van der Waals surface area (Å²) in [5, 5.41) is 10.7. The fraction of sp³-hybridized carbons (Fsp3) is 0.263. The average molecular weight is 339 g/mol. The van der Waals surface area contributed by atoms with Crippen LogP contribution in [0.4, 0.5) is 5.69 Å². The van der Waals surface area contributed by atoms with Crippen molar-refractivity contribution in [3.63, 3.8) is 0 Å². The highest BCUT2D eigenvalue weighted by molar-refractivity contribution is 5.94. The van der Waals surface area contributed by atoms with E-state index in [1.807, 2.05) is 30.3 Å². The molecule has 25 heavy (non-hydrogen) atoms. The number of ether oxygens (including phenoxy) is 1. The van der Waals surface area contributed by atoms with Gasteiger partial charge in [0.05, 0.1) is 15.9 Å². The first-order chi connectivity index (χ1) is 11.9. The third kappa shape index (κ3) is 3.03. The molecule has 1 aliphatic carbocycles. The quantitative estimate of drug-likeness (QED) is 0.484. The Labute approximate surface area is 144 Å². The minimum atomic E-state index is -0.877. The molecule has 6 nitrogen and oxygen atoms in total. The Morgan fingerprint density at radius 2 is 1.80 bits per heavy atom. The fourth-order valence-electron chi connectivity index (χ4n) is 3.21. The second kappa shape index (κ2) is 6.47. The van der Waals surface area contributed by atoms with E-state index in [2.05, 4.69) is 0 Å². The maximum absolute atomic E-state index is 12.5. The Kier molecular flexibility index (Phi) is 4.35. The van der Waals surface area contributed by atoms with Gasteiger partial charge in [-0.2, -0.15) is 0 Å². The lowest BCUT2D eigenvalue weighted by Gasteiger charge is -2.30. The lowest BCUT2D eigenvalue weighted by atomic mass is 9.78. The highest BCUT2D eigenvalue weighted by Gasteiger charge is 2.49. The van der Waals surface area contributed by atoms with E-state index < -0.39 is 22.4 Å². The Bertz CT molecular complexity index is 815. The minimum absolute atomic E-state index is 0.0419. The van der Waals surface area contributed by atoms with Crippen molar-refractivity contribution in [1.29, 1.82) is 0 Å². The number of nitro benzene ring substituents is 1. The third-order valence-corrected chi connectivity index (χ3v) is 4.79. The molecule has 0 bridgehead atoms. The molecular formula is C19H17NO5. The second-order valence-electron chi connectivity index (χ2n) is 6.23. The van der Waals surface area contributed by atoms with Crippen molar-refractivity contribution in [2.75, 3.05) is 0 Å². The van der Waals surface area contributed by atoms with Gasteiger partial charge in [-0.25, -0.2) is 4.79 Å². The Balaban J connectivity index is 1.82. The monoisotopic (exact) mass is 339 g/mol. The smallest absolute Gasteiger partial charge is 0.338 e. The van der Waals surface area contributed by atoms with Crippen molar-refractivity contribution in [2.45, 2.75) is 31.3 Å². The van der Waals surface area contributed by atoms with Crippen molar-refractivity contribution in [2.24, 2.45) is 0 Å². The van der Waals surface area contributed by atoms with Gasteiger partial charge in [0.2, 0.25) is 0 Å². The molecule has 6 heteroatoms. The van der Waals surface area contributed by atoms with E-state index in [9.17, 15) is 19.7 Å². The molecule has 0 radical (unpaired) electrons. The molecule has 0 aliphatic heterocycles. The summed E-state index contributed by atoms with van der Waals surface area (Å²) in [7, 11) is 0. The van der Waals surface area contributed by atoms with Gasteiger partial charge < -0.3 is 4.74 Å². The van der Waals surface area contributed by atoms with Crippen molar-refractivity contribution < 1.29 is 19.2 Å². The van der Waals surface area contributed by atoms with E-state index in [-0.39, 0.29) is 17.0 Å². The number of carbonyl (C=O) groups excluding carboxylic acids is 2. The number of nitro groups is 1. The molecule has 0 unspecified atom stereocenters. The van der Waals surface area contributed by atoms with E-state index in [0.29, 0.717) is 12.8 Å². The summed E-state index contributed by atoms with van der Waals surface area (Å²) in [5.41, 5.74) is 0.0682. The number of non-ortho nitro benzene ring substituents is 1. The van der Waals surface area contributed by atoms with Crippen LogP contribution in [0.5, 0.6) is 0 Å². The summed E-state index contributed by atoms with van der Waals surface area (Å²) in [4.78, 5) is 35.0. The molecular weight excluding hydrogens is 322 g/mol. The summed E-state index contributed by atoms with van der Waals surface area (Å²) in [6, 6.07) is 14.5. The van der Waals surface area contributed by atoms with E-state index in [1.165, 1.54) is 24.3 Å². The number of nitrogens with zero attached hydrogens (tertiary/aromatic N) is 1. The molecule has 0 saturated heterocycles. The van der Waals surface area contributed by atoms with Gasteiger partial charge in [0.25, 0.3) is 5.69 Å². The van der Waals surface area contributed by atoms with Gasteiger partial charge in [0.15, 0.2) is 0 Å². The number of carbonyl (C=O) groups is 2. The van der Waals surface area contributed by atoms with E-state index in [4.69, 9.17) is 4.74 Å². The summed E-state index contributed by atoms with van der Waals surface area (Å²) in [5.74, 6) is -0.544. The number of ketones is 1. The van der Waals surface area contributed by atoms with Crippen LogP contribution in [-0.4, -0.2) is 22.8 Å². The van der Waals surface area contributed by atoms with Gasteiger partial charge in [-0.3, -0.25) is 14.9 Å². The number of rotatable bonds is 4. The maximum Gasteiger partial charge on any atom is 0.338 e. The lowest BCUT2D eigenvalue weighted by molar-refractivity contribution is -0.384. The molecule has 0 amide bonds. The predicted octanol–water partition coefficient (Wildman–Crippen LogP) is 3.44. The first-order valence-electron chi connectivity index (χ1n) is 7.97. The van der Waals surface area contributed by atoms with Crippen LogP contribution in [0.25, 0.3) is 0 Å². The molecule has 0 N–H and O–H groups in total. The standard InChI is InChI=1S/C19H17NO5/c1-19(14-5-3-2-4-6-14)16(21)11-12-17(19)25-18(22)13-7-9-15(10-8-13)20(23)24/h2-10,17H,11-12H2,1H3/t17-,19-/m1/s1. The van der Waals surface area contributed by atoms with E-state index >= 15 is 0 Å². The molecule has 3 rings (SSSR count). The number of Topliss-reactive ketones (excluding diaryl/α,β-unsaturated/α-hetero) is 1. The summed E-state index contributed by atoms with van der Waals surface area (Å²) >= 11 is 0. The zero-order chi connectivity index (χ0) is 18.0. The molecule has 2 aromatic rings. The van der Waals surface area contributed by atoms with Crippen molar-refractivity contribution in [1.82, 2.24) is 0 Å². The van der Waals surface area contributed by atoms with Crippen LogP contribution in [0, 0.1) is 10.1 Å². The van der Waals surface area contributed by atoms with Crippen LogP contribution in [0.2, 0.25) is 0 Å². The SMILES string of the molecule is C[C@@]1(c2ccccc2)C(=O)CC[C@H]1OC(=O)c1ccc([N+](=O)[O-])cc1. The Morgan fingerprint density at radius 1 is 1.16 bits per heavy atom. The van der Waals surface area contributed by atoms with Crippen LogP contribution in [0.1, 0.15) is 35.7 Å². The third-order valence-electron chi connectivity index (χ3n) is 4.79. The topological polar surface area (TPSA) is 86.5 Å². The highest BCUT2D eigenvalue weighted by atomic mass is 16.6. The Hall–Kier alpha value is -3.02. The van der Waals surface area contributed by atoms with Crippen molar-refractivity contribution in [3.05, 3.63) is 75.8 Å². The predicted molar refractivity (Wildman–Crippen MR) is 90.3 cm³/mol. The second-order valence-corrected chi connectivity index (χ2v) is 6.23. The molecule has 0 heterocycles. The molecule has 2 aromatic carbocycles. The molecule has 0 spiro atoms. The average Bonchev–Trinajstić information content (AvgIpc) is 2.92. The highest BCUT2D eigenvalue weighted by Crippen LogP contribution is 2.40. The van der Waals surface area contributed by atoms with Gasteiger partial charge in [-0.1, -0.05) is 30.3 Å². The van der Waals surface area contributed by atoms with Gasteiger partial charge in [0, 0.05) is 18.6 Å². The van der Waals surface area contributed by atoms with Crippen molar-refractivity contribution in [3.8, 4) is 0 Å².